The topological polar surface area (TPSA) is 136 Å². The highest BCUT2D eigenvalue weighted by atomic mass is 32.2. The van der Waals surface area contributed by atoms with E-state index in [2.05, 4.69) is 33.9 Å². The highest BCUT2D eigenvalue weighted by Gasteiger charge is 2.56. The number of carboxylic acid groups (broad SMARTS) is 1. The summed E-state index contributed by atoms with van der Waals surface area (Å²) >= 11 is 1.96. The Hall–Kier alpha value is -2.35. The second-order valence-electron chi connectivity index (χ2n) is 12.1. The number of likely N-dealkylation sites (tertiary alicyclic amines) is 1. The van der Waals surface area contributed by atoms with Crippen LogP contribution in [0.5, 0.6) is 5.75 Å². The van der Waals surface area contributed by atoms with Crippen LogP contribution in [0.1, 0.15) is 55.4 Å². The molecule has 0 saturated carbocycles. The van der Waals surface area contributed by atoms with Crippen molar-refractivity contribution in [2.24, 2.45) is 11.3 Å². The average molecular weight is 613 g/mol. The van der Waals surface area contributed by atoms with Crippen molar-refractivity contribution in [1.29, 1.82) is 0 Å². The Labute approximate surface area is 245 Å². The molecular formula is C27H40N2O8S2Si. The third-order valence-electron chi connectivity index (χ3n) is 6.89. The summed E-state index contributed by atoms with van der Waals surface area (Å²) in [6.45, 7) is 19.3. The molecule has 1 aliphatic rings. The van der Waals surface area contributed by atoms with Gasteiger partial charge in [0.05, 0.1) is 28.4 Å². The van der Waals surface area contributed by atoms with Crippen molar-refractivity contribution in [1.82, 2.24) is 4.90 Å². The van der Waals surface area contributed by atoms with Crippen LogP contribution < -0.4 is 4.74 Å². The second kappa shape index (κ2) is 12.7. The monoisotopic (exact) mass is 612 g/mol. The molecule has 0 radical (unpaired) electrons. The predicted octanol–water partition coefficient (Wildman–Crippen LogP) is 6.48. The van der Waals surface area contributed by atoms with E-state index < -0.39 is 58.7 Å². The molecule has 1 heterocycles. The fraction of sp³-hybridized carbons (Fsp3) is 0.593. The first-order chi connectivity index (χ1) is 18.2. The van der Waals surface area contributed by atoms with E-state index in [4.69, 9.17) is 9.16 Å². The number of rotatable bonds is 11. The maximum Gasteiger partial charge on any atom is 0.357 e. The highest BCUT2D eigenvalue weighted by Crippen LogP contribution is 2.46. The number of hydrogen-bond donors (Lipinski definition) is 1. The average Bonchev–Trinajstić information content (AvgIpc) is 2.80. The SMILES string of the molecule is CCS[C@@H]1[C@@H]([C@@H](C)O[Si](C)(C)C(C)(C)C)C(=O)N1C(C(=O)O)=C(Oc1cccc([N+](=O)[O-])c1)SC(=O)C(C)(C)C. The molecule has 10 nitrogen and oxygen atoms in total. The third-order valence-corrected chi connectivity index (χ3v) is 13.9. The van der Waals surface area contributed by atoms with E-state index in [0.717, 1.165) is 11.0 Å². The summed E-state index contributed by atoms with van der Waals surface area (Å²) in [4.78, 5) is 51.2. The second-order valence-corrected chi connectivity index (χ2v) is 19.2. The molecule has 1 aliphatic heterocycles. The van der Waals surface area contributed by atoms with Crippen molar-refractivity contribution in [2.45, 2.75) is 85.0 Å². The highest BCUT2D eigenvalue weighted by molar-refractivity contribution is 8.16. The molecule has 1 aromatic rings. The van der Waals surface area contributed by atoms with Crippen LogP contribution in [0.25, 0.3) is 0 Å². The smallest absolute Gasteiger partial charge is 0.357 e. The summed E-state index contributed by atoms with van der Waals surface area (Å²) < 4.78 is 12.4. The number of β-lactam (4-membered cyclic amide) rings is 1. The van der Waals surface area contributed by atoms with Crippen molar-refractivity contribution >= 4 is 54.5 Å². The van der Waals surface area contributed by atoms with Gasteiger partial charge in [0.25, 0.3) is 5.69 Å². The van der Waals surface area contributed by atoms with Gasteiger partial charge in [0.15, 0.2) is 19.1 Å². The van der Waals surface area contributed by atoms with E-state index >= 15 is 0 Å². The summed E-state index contributed by atoms with van der Waals surface area (Å²) in [6.07, 6.45) is -0.464. The lowest BCUT2D eigenvalue weighted by atomic mass is 9.92. The summed E-state index contributed by atoms with van der Waals surface area (Å²) in [6, 6.07) is 5.21. The largest absolute Gasteiger partial charge is 0.476 e. The van der Waals surface area contributed by atoms with Crippen molar-refractivity contribution in [3.63, 3.8) is 0 Å². The van der Waals surface area contributed by atoms with Crippen molar-refractivity contribution in [3.8, 4) is 5.75 Å². The zero-order chi connectivity index (χ0) is 30.8. The number of nitro groups is 1. The number of nitro benzene ring substituents is 1. The first kappa shape index (κ1) is 33.9. The fourth-order valence-corrected chi connectivity index (χ4v) is 7.20. The minimum Gasteiger partial charge on any atom is -0.476 e. The molecule has 1 amide bonds. The maximum atomic E-state index is 13.7. The predicted molar refractivity (Wildman–Crippen MR) is 160 cm³/mol. The van der Waals surface area contributed by atoms with Crippen LogP contribution in [-0.2, 0) is 18.8 Å². The number of benzene rings is 1. The molecule has 0 spiro atoms. The Morgan fingerprint density at radius 3 is 2.27 bits per heavy atom. The van der Waals surface area contributed by atoms with E-state index in [-0.39, 0.29) is 21.6 Å². The van der Waals surface area contributed by atoms with Gasteiger partial charge in [-0.15, -0.1) is 11.8 Å². The first-order valence-electron chi connectivity index (χ1n) is 13.0. The van der Waals surface area contributed by atoms with Crippen LogP contribution in [0.4, 0.5) is 5.69 Å². The van der Waals surface area contributed by atoms with Gasteiger partial charge in [0.2, 0.25) is 11.0 Å². The summed E-state index contributed by atoms with van der Waals surface area (Å²) in [7, 11) is -2.23. The van der Waals surface area contributed by atoms with E-state index in [9.17, 15) is 29.6 Å². The van der Waals surface area contributed by atoms with Crippen LogP contribution in [0, 0.1) is 21.4 Å². The van der Waals surface area contributed by atoms with Gasteiger partial charge in [-0.3, -0.25) is 24.6 Å². The van der Waals surface area contributed by atoms with Crippen molar-refractivity contribution in [2.75, 3.05) is 5.75 Å². The van der Waals surface area contributed by atoms with Gasteiger partial charge in [0.1, 0.15) is 5.75 Å². The van der Waals surface area contributed by atoms with Gasteiger partial charge in [-0.05, 0) is 48.6 Å². The summed E-state index contributed by atoms with van der Waals surface area (Å²) in [5.41, 5.74) is -1.62. The Kier molecular flexibility index (Phi) is 10.7. The molecule has 1 saturated heterocycles. The van der Waals surface area contributed by atoms with Gasteiger partial charge < -0.3 is 14.3 Å². The zero-order valence-corrected chi connectivity index (χ0v) is 27.4. The normalized spacial score (nSPS) is 19.4. The Morgan fingerprint density at radius 2 is 1.80 bits per heavy atom. The molecule has 2 rings (SSSR count). The van der Waals surface area contributed by atoms with Crippen LogP contribution in [0.15, 0.2) is 35.1 Å². The fourth-order valence-electron chi connectivity index (χ4n) is 3.63. The van der Waals surface area contributed by atoms with Gasteiger partial charge >= 0.3 is 5.97 Å². The Bertz CT molecular complexity index is 1190. The van der Waals surface area contributed by atoms with Gasteiger partial charge in [0, 0.05) is 11.5 Å². The van der Waals surface area contributed by atoms with E-state index in [0.29, 0.717) is 17.5 Å². The summed E-state index contributed by atoms with van der Waals surface area (Å²) in [5, 5.41) is 20.2. The number of amides is 1. The van der Waals surface area contributed by atoms with E-state index in [1.54, 1.807) is 20.8 Å². The van der Waals surface area contributed by atoms with Crippen molar-refractivity contribution < 1.29 is 33.6 Å². The number of carboxylic acids is 1. The Balaban J connectivity index is 2.61. The van der Waals surface area contributed by atoms with Crippen LogP contribution >= 0.6 is 23.5 Å². The molecule has 222 valence electrons. The Morgan fingerprint density at radius 1 is 1.20 bits per heavy atom. The van der Waals surface area contributed by atoms with Crippen LogP contribution in [0.3, 0.4) is 0 Å². The number of thioether (sulfide) groups is 2. The lowest BCUT2D eigenvalue weighted by Gasteiger charge is -2.50. The number of nitrogens with zero attached hydrogens (tertiary/aromatic N) is 2. The molecule has 0 aliphatic carbocycles. The minimum absolute atomic E-state index is 0.0315. The molecular weight excluding hydrogens is 573 g/mol. The zero-order valence-electron chi connectivity index (χ0n) is 24.8. The van der Waals surface area contributed by atoms with Crippen LogP contribution in [0.2, 0.25) is 18.1 Å². The number of carbonyl (C=O) groups is 3. The number of non-ortho nitro benzene ring substituents is 1. The van der Waals surface area contributed by atoms with Gasteiger partial charge in [-0.1, -0.05) is 54.5 Å². The number of ether oxygens (including phenoxy) is 1. The van der Waals surface area contributed by atoms with E-state index in [1.165, 1.54) is 30.0 Å². The number of carbonyl (C=O) groups excluding carboxylic acids is 2. The molecule has 1 N–H and O–H groups in total. The molecule has 1 fully saturated rings. The lowest BCUT2D eigenvalue weighted by Crippen LogP contribution is -2.64. The van der Waals surface area contributed by atoms with Crippen molar-refractivity contribution in [3.05, 3.63) is 45.2 Å². The van der Waals surface area contributed by atoms with Gasteiger partial charge in [-0.25, -0.2) is 4.79 Å². The molecule has 0 aromatic heterocycles. The standard InChI is InChI=1S/C27H40N2O8S2Si/c1-11-38-22-19(16(2)37-40(9,10)27(6,7)8)21(30)28(22)20(23(31)32)24(39-25(33)26(3,4)5)36-18-14-12-13-17(15-18)29(34)35/h12-16,19,22H,11H2,1-10H3,(H,31,32)/t16-,19+,22-/m1/s1. The molecule has 0 bridgehead atoms. The lowest BCUT2D eigenvalue weighted by molar-refractivity contribution is -0.384. The molecule has 13 heteroatoms. The van der Waals surface area contributed by atoms with Gasteiger partial charge in [-0.2, -0.15) is 0 Å². The molecule has 40 heavy (non-hydrogen) atoms. The van der Waals surface area contributed by atoms with E-state index in [1.807, 2.05) is 13.8 Å². The maximum absolute atomic E-state index is 13.7. The minimum atomic E-state index is -2.23. The number of aliphatic carboxylic acids is 1. The summed E-state index contributed by atoms with van der Waals surface area (Å²) in [5.74, 6) is -1.94. The van der Waals surface area contributed by atoms with Crippen LogP contribution in [-0.4, -0.2) is 57.5 Å². The quantitative estimate of drug-likeness (QED) is 0.0738. The molecule has 0 unspecified atom stereocenters. The number of hydrogen-bond acceptors (Lipinski definition) is 9. The molecule has 1 aromatic carbocycles. The first-order valence-corrected chi connectivity index (χ1v) is 17.7. The molecule has 3 atom stereocenters. The third kappa shape index (κ3) is 7.68.